The van der Waals surface area contributed by atoms with Crippen LogP contribution in [-0.2, 0) is 4.79 Å². The van der Waals surface area contributed by atoms with Crippen LogP contribution in [0, 0.1) is 0 Å². The van der Waals surface area contributed by atoms with Crippen LogP contribution in [-0.4, -0.2) is 34.7 Å². The topological polar surface area (TPSA) is 121 Å². The molecule has 0 unspecified atom stereocenters. The predicted molar refractivity (Wildman–Crippen MR) is 171 cm³/mol. The molecule has 6 rings (SSSR count). The number of benzene rings is 2. The highest BCUT2D eigenvalue weighted by atomic mass is 79.9. The van der Waals surface area contributed by atoms with E-state index in [2.05, 4.69) is 31.2 Å². The van der Waals surface area contributed by atoms with Gasteiger partial charge >= 0.3 is 0 Å². The Morgan fingerprint density at radius 2 is 1.86 bits per heavy atom. The fourth-order valence-corrected chi connectivity index (χ4v) is 6.99. The summed E-state index contributed by atoms with van der Waals surface area (Å²) >= 11 is 5.99. The van der Waals surface area contributed by atoms with Crippen LogP contribution in [0.4, 0.5) is 5.69 Å². The van der Waals surface area contributed by atoms with Crippen molar-refractivity contribution in [2.24, 2.45) is 4.99 Å². The van der Waals surface area contributed by atoms with Crippen molar-refractivity contribution in [3.8, 4) is 11.5 Å². The molecule has 1 aliphatic heterocycles. The molecule has 13 heteroatoms. The van der Waals surface area contributed by atoms with Gasteiger partial charge in [-0.3, -0.25) is 14.2 Å². The molecule has 0 spiro atoms. The second-order valence-corrected chi connectivity index (χ2v) is 12.2. The fraction of sp³-hybridized carbons (Fsp3) is 0.129. The summed E-state index contributed by atoms with van der Waals surface area (Å²) in [5, 5.41) is 4.03. The number of fused-ring (bicyclic) bond motifs is 1. The van der Waals surface area contributed by atoms with E-state index in [0.29, 0.717) is 63.8 Å². The zero-order valence-electron chi connectivity index (χ0n) is 23.6. The third-order valence-corrected chi connectivity index (χ3v) is 9.42. The maximum Gasteiger partial charge on any atom is 0.271 e. The lowest BCUT2D eigenvalue weighted by Crippen LogP contribution is -2.40. The van der Waals surface area contributed by atoms with E-state index < -0.39 is 6.04 Å². The van der Waals surface area contributed by atoms with E-state index in [0.717, 1.165) is 0 Å². The molecule has 1 aliphatic rings. The molecule has 0 saturated carbocycles. The zero-order valence-corrected chi connectivity index (χ0v) is 26.8. The van der Waals surface area contributed by atoms with Gasteiger partial charge in [-0.15, -0.1) is 0 Å². The number of hydrogen-bond acceptors (Lipinski definition) is 10. The van der Waals surface area contributed by atoms with E-state index in [1.54, 1.807) is 75.0 Å². The maximum atomic E-state index is 14.1. The van der Waals surface area contributed by atoms with Crippen molar-refractivity contribution in [1.29, 1.82) is 0 Å². The van der Waals surface area contributed by atoms with Gasteiger partial charge in [-0.1, -0.05) is 29.5 Å². The average molecular weight is 691 g/mol. The summed E-state index contributed by atoms with van der Waals surface area (Å²) in [7, 11) is 3.09. The zero-order chi connectivity index (χ0) is 30.8. The van der Waals surface area contributed by atoms with Crippen molar-refractivity contribution in [1.82, 2.24) is 14.5 Å². The van der Waals surface area contributed by atoms with Crippen LogP contribution >= 0.6 is 39.0 Å². The minimum atomic E-state index is -0.831. The summed E-state index contributed by atoms with van der Waals surface area (Å²) in [6.45, 7) is 1.76. The fourth-order valence-electron chi connectivity index (χ4n) is 4.73. The lowest BCUT2D eigenvalue weighted by atomic mass is 9.94. The summed E-state index contributed by atoms with van der Waals surface area (Å²) in [6, 6.07) is 17.1. The van der Waals surface area contributed by atoms with Gasteiger partial charge in [-0.25, -0.2) is 15.0 Å². The number of carbonyl (C=O) groups excluding carboxylic acids is 1. The minimum Gasteiger partial charge on any atom is -0.497 e. The number of methoxy groups -OCH3 is 2. The van der Waals surface area contributed by atoms with Crippen LogP contribution < -0.4 is 29.7 Å². The van der Waals surface area contributed by atoms with Crippen molar-refractivity contribution in [2.75, 3.05) is 19.5 Å². The number of rotatable bonds is 8. The molecule has 222 valence electrons. The molecule has 0 saturated heterocycles. The van der Waals surface area contributed by atoms with Gasteiger partial charge in [0.05, 0.1) is 34.5 Å². The standard InChI is InChI=1S/C31H24BrN5O5S2/c1-17-25(27(38)36-18-8-5-4-6-9-18)26(21-11-10-19(40-2)15-23(21)41-3)37-28(39)24(43-31(37)35-17)16-20-14-22(32)29(42-20)44-30-33-12-7-13-34-30/h4-16,26H,1-3H3,(H,36,38)/b24-16+/t26-/m0/s1. The molecule has 0 bridgehead atoms. The number of anilines is 1. The van der Waals surface area contributed by atoms with Gasteiger partial charge < -0.3 is 19.2 Å². The second kappa shape index (κ2) is 12.6. The molecule has 0 radical (unpaired) electrons. The number of allylic oxidation sites excluding steroid dienone is 1. The van der Waals surface area contributed by atoms with Crippen LogP contribution in [0.1, 0.15) is 24.3 Å². The number of furan rings is 1. The molecule has 1 atom stereocenters. The van der Waals surface area contributed by atoms with E-state index >= 15 is 0 Å². The monoisotopic (exact) mass is 689 g/mol. The first-order chi connectivity index (χ1) is 21.4. The van der Waals surface area contributed by atoms with E-state index in [1.807, 2.05) is 18.2 Å². The molecule has 1 N–H and O–H groups in total. The number of carbonyl (C=O) groups is 1. The Hall–Kier alpha value is -4.46. The second-order valence-electron chi connectivity index (χ2n) is 9.43. The highest BCUT2D eigenvalue weighted by Crippen LogP contribution is 2.38. The third kappa shape index (κ3) is 5.85. The minimum absolute atomic E-state index is 0.318. The molecule has 2 aromatic carbocycles. The average Bonchev–Trinajstić information content (AvgIpc) is 3.53. The Morgan fingerprint density at radius 3 is 2.59 bits per heavy atom. The molecule has 4 heterocycles. The van der Waals surface area contributed by atoms with Gasteiger partial charge in [0, 0.05) is 35.8 Å². The molecule has 44 heavy (non-hydrogen) atoms. The number of halogens is 1. The molecule has 3 aromatic heterocycles. The lowest BCUT2D eigenvalue weighted by molar-refractivity contribution is -0.113. The van der Waals surface area contributed by atoms with Crippen LogP contribution in [0.5, 0.6) is 11.5 Å². The van der Waals surface area contributed by atoms with Gasteiger partial charge in [0.15, 0.2) is 15.1 Å². The lowest BCUT2D eigenvalue weighted by Gasteiger charge is -2.26. The summed E-state index contributed by atoms with van der Waals surface area (Å²) in [5.74, 6) is 1.11. The number of aromatic nitrogens is 3. The molecule has 0 fully saturated rings. The number of nitrogens with zero attached hydrogens (tertiary/aromatic N) is 4. The largest absolute Gasteiger partial charge is 0.497 e. The summed E-state index contributed by atoms with van der Waals surface area (Å²) < 4.78 is 19.8. The highest BCUT2D eigenvalue weighted by Gasteiger charge is 2.34. The smallest absolute Gasteiger partial charge is 0.271 e. The van der Waals surface area contributed by atoms with E-state index in [9.17, 15) is 9.59 Å². The number of ether oxygens (including phenoxy) is 2. The van der Waals surface area contributed by atoms with E-state index in [-0.39, 0.29) is 11.5 Å². The Bertz CT molecular complexity index is 2070. The number of hydrogen-bond donors (Lipinski definition) is 1. The third-order valence-electron chi connectivity index (χ3n) is 6.71. The predicted octanol–water partition coefficient (Wildman–Crippen LogP) is 5.19. The maximum absolute atomic E-state index is 14.1. The first kappa shape index (κ1) is 29.6. The molecule has 1 amide bonds. The van der Waals surface area contributed by atoms with Gasteiger partial charge in [0.25, 0.3) is 11.5 Å². The van der Waals surface area contributed by atoms with Crippen molar-refractivity contribution >= 4 is 56.7 Å². The van der Waals surface area contributed by atoms with Crippen LogP contribution in [0.2, 0.25) is 0 Å². The summed E-state index contributed by atoms with van der Waals surface area (Å²) in [6.07, 6.45) is 4.97. The van der Waals surface area contributed by atoms with Crippen molar-refractivity contribution in [3.05, 3.63) is 120 Å². The van der Waals surface area contributed by atoms with Crippen LogP contribution in [0.15, 0.2) is 113 Å². The van der Waals surface area contributed by atoms with Gasteiger partial charge in [0.1, 0.15) is 23.3 Å². The number of para-hydroxylation sites is 1. The van der Waals surface area contributed by atoms with Crippen LogP contribution in [0.25, 0.3) is 6.08 Å². The van der Waals surface area contributed by atoms with Crippen molar-refractivity contribution in [3.63, 3.8) is 0 Å². The van der Waals surface area contributed by atoms with Gasteiger partial charge in [0.2, 0.25) is 0 Å². The molecule has 0 aliphatic carbocycles. The molecular formula is C31H24BrN5O5S2. The Morgan fingerprint density at radius 1 is 1.09 bits per heavy atom. The SMILES string of the molecule is COc1ccc([C@H]2C(C(=O)Nc3ccccc3)=C(C)N=c3s/c(=C/c4cc(Br)c(Sc5ncccn5)o4)c(=O)n32)c(OC)c1. The molecular weight excluding hydrogens is 666 g/mol. The summed E-state index contributed by atoms with van der Waals surface area (Å²) in [4.78, 5) is 41.6. The molecule has 10 nitrogen and oxygen atoms in total. The van der Waals surface area contributed by atoms with Crippen molar-refractivity contribution < 1.29 is 18.7 Å². The number of thiazole rings is 1. The quantitative estimate of drug-likeness (QED) is 0.221. The Labute approximate surface area is 267 Å². The normalized spacial score (nSPS) is 14.6. The van der Waals surface area contributed by atoms with Crippen LogP contribution in [0.3, 0.4) is 0 Å². The molecule has 5 aromatic rings. The number of nitrogens with one attached hydrogen (secondary N) is 1. The first-order valence-electron chi connectivity index (χ1n) is 13.2. The highest BCUT2D eigenvalue weighted by molar-refractivity contribution is 9.10. The van der Waals surface area contributed by atoms with Gasteiger partial charge in [-0.2, -0.15) is 0 Å². The summed E-state index contributed by atoms with van der Waals surface area (Å²) in [5.41, 5.74) is 1.70. The van der Waals surface area contributed by atoms with Gasteiger partial charge in [-0.05, 0) is 71.0 Å². The van der Waals surface area contributed by atoms with E-state index in [1.165, 1.54) is 34.8 Å². The Kier molecular flexibility index (Phi) is 8.51. The first-order valence-corrected chi connectivity index (χ1v) is 15.6. The van der Waals surface area contributed by atoms with E-state index in [4.69, 9.17) is 18.9 Å². The number of amides is 1. The Balaban J connectivity index is 1.47. The van der Waals surface area contributed by atoms with Crippen molar-refractivity contribution in [2.45, 2.75) is 23.2 Å².